The molecular formula is C15H11ClN2O3. The van der Waals surface area contributed by atoms with Gasteiger partial charge in [0.2, 0.25) is 5.69 Å². The highest BCUT2D eigenvalue weighted by atomic mass is 35.5. The number of hydrogen-bond donors (Lipinski definition) is 0. The van der Waals surface area contributed by atoms with Gasteiger partial charge in [-0.2, -0.15) is 0 Å². The van der Waals surface area contributed by atoms with Gasteiger partial charge in [0.25, 0.3) is 5.69 Å². The highest BCUT2D eigenvalue weighted by Gasteiger charge is 2.24. The number of hydrogen-bond acceptors (Lipinski definition) is 4. The monoisotopic (exact) mass is 302 g/mol. The van der Waals surface area contributed by atoms with Crippen molar-refractivity contribution in [3.63, 3.8) is 0 Å². The fraction of sp³-hybridized carbons (Fsp3) is 0.0667. The van der Waals surface area contributed by atoms with Gasteiger partial charge in [0, 0.05) is 12.1 Å². The van der Waals surface area contributed by atoms with Gasteiger partial charge in [-0.25, -0.2) is 0 Å². The minimum atomic E-state index is -0.543. The average Bonchev–Trinajstić information content (AvgIpc) is 2.89. The maximum Gasteiger partial charge on any atom is 0.272 e. The quantitative estimate of drug-likeness (QED) is 0.697. The first-order valence-electron chi connectivity index (χ1n) is 6.19. The summed E-state index contributed by atoms with van der Waals surface area (Å²) in [5.74, 6) is 0.170. The molecule has 0 fully saturated rings. The molecule has 21 heavy (non-hydrogen) atoms. The topological polar surface area (TPSA) is 62.2 Å². The van der Waals surface area contributed by atoms with Crippen LogP contribution >= 0.6 is 11.6 Å². The number of aromatic nitrogens is 2. The summed E-state index contributed by atoms with van der Waals surface area (Å²) >= 11 is 6.15. The zero-order valence-electron chi connectivity index (χ0n) is 11.1. The first kappa shape index (κ1) is 13.5. The molecule has 0 unspecified atom stereocenters. The second-order valence-corrected chi connectivity index (χ2v) is 4.71. The minimum absolute atomic E-state index is 0.283. The lowest BCUT2D eigenvalue weighted by molar-refractivity contribution is -0.660. The summed E-state index contributed by atoms with van der Waals surface area (Å²) in [4.78, 5) is 0. The molecular weight excluding hydrogens is 292 g/mol. The van der Waals surface area contributed by atoms with Gasteiger partial charge < -0.3 is 14.4 Å². The van der Waals surface area contributed by atoms with Gasteiger partial charge in [0.15, 0.2) is 5.95 Å². The lowest BCUT2D eigenvalue weighted by atomic mass is 10.1. The molecule has 0 N–H and O–H groups in total. The van der Waals surface area contributed by atoms with E-state index in [1.165, 1.54) is 4.68 Å². The van der Waals surface area contributed by atoms with Crippen molar-refractivity contribution in [2.45, 2.75) is 0 Å². The number of nitrogens with zero attached hydrogens (tertiary/aromatic N) is 2. The van der Waals surface area contributed by atoms with Gasteiger partial charge in [0.1, 0.15) is 5.75 Å². The maximum absolute atomic E-state index is 12.0. The van der Waals surface area contributed by atoms with Crippen molar-refractivity contribution in [1.82, 2.24) is 5.27 Å². The van der Waals surface area contributed by atoms with Crippen LogP contribution < -0.4 is 14.5 Å². The van der Waals surface area contributed by atoms with E-state index in [9.17, 15) is 5.11 Å². The summed E-state index contributed by atoms with van der Waals surface area (Å²) in [6.45, 7) is 0. The van der Waals surface area contributed by atoms with E-state index < -0.39 is 5.95 Å². The third-order valence-corrected chi connectivity index (χ3v) is 3.39. The van der Waals surface area contributed by atoms with Crippen LogP contribution in [0.1, 0.15) is 0 Å². The predicted molar refractivity (Wildman–Crippen MR) is 74.5 cm³/mol. The van der Waals surface area contributed by atoms with E-state index in [4.69, 9.17) is 20.9 Å². The van der Waals surface area contributed by atoms with Crippen molar-refractivity contribution in [2.24, 2.45) is 0 Å². The van der Waals surface area contributed by atoms with Crippen LogP contribution in [-0.4, -0.2) is 12.4 Å². The Morgan fingerprint density at radius 3 is 2.52 bits per heavy atom. The van der Waals surface area contributed by atoms with Gasteiger partial charge in [-0.3, -0.25) is 0 Å². The van der Waals surface area contributed by atoms with Crippen LogP contribution in [0, 0.1) is 0 Å². The smallest absolute Gasteiger partial charge is 0.272 e. The number of halogens is 1. The Bertz CT molecular complexity index is 769. The van der Waals surface area contributed by atoms with E-state index in [-0.39, 0.29) is 5.69 Å². The molecule has 0 saturated carbocycles. The first-order chi connectivity index (χ1) is 10.2. The molecule has 0 aliphatic carbocycles. The Labute approximate surface area is 125 Å². The lowest BCUT2D eigenvalue weighted by Crippen LogP contribution is -2.34. The zero-order chi connectivity index (χ0) is 14.8. The normalized spacial score (nSPS) is 10.6. The minimum Gasteiger partial charge on any atom is -0.539 e. The van der Waals surface area contributed by atoms with Gasteiger partial charge in [-0.15, -0.1) is 0 Å². The Hall–Kier alpha value is -2.53. The van der Waals surface area contributed by atoms with Crippen molar-refractivity contribution in [2.75, 3.05) is 7.11 Å². The number of rotatable bonds is 3. The number of ether oxygens (including phenoxy) is 1. The van der Waals surface area contributed by atoms with Crippen molar-refractivity contribution in [3.8, 4) is 28.6 Å². The highest BCUT2D eigenvalue weighted by molar-refractivity contribution is 6.33. The van der Waals surface area contributed by atoms with Crippen molar-refractivity contribution in [3.05, 3.63) is 53.6 Å². The number of benzene rings is 2. The predicted octanol–water partition coefficient (Wildman–Crippen LogP) is 2.35. The molecule has 3 aromatic rings. The second-order valence-electron chi connectivity index (χ2n) is 4.30. The average molecular weight is 303 g/mol. The van der Waals surface area contributed by atoms with Crippen LogP contribution in [0.4, 0.5) is 0 Å². The standard InChI is InChI=1S/C15H11ClN2O3/c1-20-11-8-6-10(7-9-11)18-14(15(19)21-17-18)12-4-2-3-5-13(12)16/h2-9H,1H3. The first-order valence-corrected chi connectivity index (χ1v) is 6.57. The van der Waals surface area contributed by atoms with E-state index in [0.29, 0.717) is 22.0 Å². The number of methoxy groups -OCH3 is 1. The molecule has 1 heterocycles. The van der Waals surface area contributed by atoms with E-state index in [1.54, 1.807) is 55.6 Å². The molecule has 5 nitrogen and oxygen atoms in total. The Morgan fingerprint density at radius 2 is 1.86 bits per heavy atom. The maximum atomic E-state index is 12.0. The third kappa shape index (κ3) is 2.43. The molecule has 0 bridgehead atoms. The molecule has 2 aromatic carbocycles. The highest BCUT2D eigenvalue weighted by Crippen LogP contribution is 2.30. The molecule has 6 heteroatoms. The fourth-order valence-corrected chi connectivity index (χ4v) is 2.25. The Balaban J connectivity index is 2.15. The van der Waals surface area contributed by atoms with Gasteiger partial charge in [-0.1, -0.05) is 23.7 Å². The summed E-state index contributed by atoms with van der Waals surface area (Å²) < 4.78 is 11.3. The molecule has 0 spiro atoms. The molecule has 106 valence electrons. The molecule has 0 saturated heterocycles. The zero-order valence-corrected chi connectivity index (χ0v) is 11.9. The Morgan fingerprint density at radius 1 is 1.14 bits per heavy atom. The largest absolute Gasteiger partial charge is 0.539 e. The molecule has 3 rings (SSSR count). The van der Waals surface area contributed by atoms with Crippen LogP contribution in [0.5, 0.6) is 11.7 Å². The molecule has 0 aliphatic rings. The SMILES string of the molecule is COc1ccc(-[n+]2noc([O-])c2-c2ccccc2Cl)cc1. The molecule has 0 amide bonds. The molecule has 1 aromatic heterocycles. The summed E-state index contributed by atoms with van der Waals surface area (Å²) in [5, 5.41) is 16.2. The summed E-state index contributed by atoms with van der Waals surface area (Å²) in [7, 11) is 1.59. The van der Waals surface area contributed by atoms with Gasteiger partial charge >= 0.3 is 0 Å². The second kappa shape index (κ2) is 5.46. The molecule has 0 atom stereocenters. The van der Waals surface area contributed by atoms with Gasteiger partial charge in [-0.05, 0) is 28.9 Å². The fourth-order valence-electron chi connectivity index (χ4n) is 2.03. The van der Waals surface area contributed by atoms with Crippen LogP contribution in [0.3, 0.4) is 0 Å². The van der Waals surface area contributed by atoms with Crippen molar-refractivity contribution in [1.29, 1.82) is 0 Å². The van der Waals surface area contributed by atoms with E-state index in [0.717, 1.165) is 0 Å². The molecule has 0 radical (unpaired) electrons. The third-order valence-electron chi connectivity index (χ3n) is 3.06. The summed E-state index contributed by atoms with van der Waals surface area (Å²) in [6, 6.07) is 14.2. The van der Waals surface area contributed by atoms with Crippen LogP contribution in [0.2, 0.25) is 5.02 Å². The van der Waals surface area contributed by atoms with Crippen molar-refractivity contribution >= 4 is 11.6 Å². The van der Waals surface area contributed by atoms with Gasteiger partial charge in [0.05, 0.1) is 23.0 Å². The van der Waals surface area contributed by atoms with Crippen LogP contribution in [-0.2, 0) is 0 Å². The van der Waals surface area contributed by atoms with E-state index in [2.05, 4.69) is 5.27 Å². The van der Waals surface area contributed by atoms with Crippen LogP contribution in [0.25, 0.3) is 16.9 Å². The summed E-state index contributed by atoms with van der Waals surface area (Å²) in [5.41, 5.74) is 1.53. The lowest BCUT2D eigenvalue weighted by Gasteiger charge is -2.01. The van der Waals surface area contributed by atoms with E-state index in [1.807, 2.05) is 0 Å². The Kier molecular flexibility index (Phi) is 3.50. The summed E-state index contributed by atoms with van der Waals surface area (Å²) in [6.07, 6.45) is 0. The van der Waals surface area contributed by atoms with Crippen LogP contribution in [0.15, 0.2) is 53.1 Å². The molecule has 0 aliphatic heterocycles. The van der Waals surface area contributed by atoms with E-state index >= 15 is 0 Å². The van der Waals surface area contributed by atoms with Crippen molar-refractivity contribution < 1.29 is 19.0 Å².